The molecule has 0 bridgehead atoms. The number of carbonyl (C=O) groups excluding carboxylic acids is 1. The molecule has 2 N–H and O–H groups in total. The fourth-order valence-electron chi connectivity index (χ4n) is 1.90. The summed E-state index contributed by atoms with van der Waals surface area (Å²) in [5, 5.41) is 2.73. The van der Waals surface area contributed by atoms with Gasteiger partial charge in [0.15, 0.2) is 12.2 Å². The number of amides is 1. The second-order valence-electron chi connectivity index (χ2n) is 4.34. The molecule has 0 fully saturated rings. The van der Waals surface area contributed by atoms with E-state index in [0.717, 1.165) is 5.56 Å². The maximum absolute atomic E-state index is 12.1. The predicted molar refractivity (Wildman–Crippen MR) is 77.0 cm³/mol. The first-order valence-electron chi connectivity index (χ1n) is 6.21. The van der Waals surface area contributed by atoms with Crippen molar-refractivity contribution < 1.29 is 9.21 Å². The fraction of sp³-hybridized carbons (Fsp3) is 0. The largest absolute Gasteiger partial charge is 0.444 e. The van der Waals surface area contributed by atoms with E-state index in [1.807, 2.05) is 6.07 Å². The van der Waals surface area contributed by atoms with E-state index >= 15 is 0 Å². The van der Waals surface area contributed by atoms with E-state index in [-0.39, 0.29) is 11.5 Å². The Morgan fingerprint density at radius 2 is 2.14 bits per heavy atom. The molecule has 1 aromatic carbocycles. The van der Waals surface area contributed by atoms with E-state index in [0.29, 0.717) is 17.0 Å². The molecule has 1 amide bonds. The van der Waals surface area contributed by atoms with Gasteiger partial charge in [-0.25, -0.2) is 4.98 Å². The summed E-state index contributed by atoms with van der Waals surface area (Å²) < 4.78 is 5.21. The van der Waals surface area contributed by atoms with Gasteiger partial charge in [0.25, 0.3) is 5.91 Å². The number of carbonyl (C=O) groups is 1. The van der Waals surface area contributed by atoms with Gasteiger partial charge < -0.3 is 14.7 Å². The van der Waals surface area contributed by atoms with Crippen LogP contribution in [0.5, 0.6) is 0 Å². The van der Waals surface area contributed by atoms with Gasteiger partial charge in [0.1, 0.15) is 0 Å². The Bertz CT molecular complexity index is 822. The number of rotatable bonds is 3. The molecule has 0 saturated heterocycles. The van der Waals surface area contributed by atoms with Gasteiger partial charge >= 0.3 is 0 Å². The van der Waals surface area contributed by atoms with Crippen molar-refractivity contribution in [1.82, 2.24) is 9.97 Å². The highest BCUT2D eigenvalue weighted by Gasteiger charge is 2.08. The molecule has 0 saturated carbocycles. The van der Waals surface area contributed by atoms with Crippen molar-refractivity contribution in [1.29, 1.82) is 0 Å². The van der Waals surface area contributed by atoms with Crippen molar-refractivity contribution in [2.45, 2.75) is 0 Å². The maximum atomic E-state index is 12.1. The van der Waals surface area contributed by atoms with Crippen LogP contribution >= 0.6 is 0 Å². The summed E-state index contributed by atoms with van der Waals surface area (Å²) in [6, 6.07) is 9.96. The van der Waals surface area contributed by atoms with Gasteiger partial charge in [0.2, 0.25) is 5.56 Å². The average molecular weight is 281 g/mol. The van der Waals surface area contributed by atoms with Gasteiger partial charge in [-0.1, -0.05) is 12.1 Å². The lowest BCUT2D eigenvalue weighted by atomic mass is 10.1. The molecular weight excluding hydrogens is 270 g/mol. The minimum absolute atomic E-state index is 0.295. The summed E-state index contributed by atoms with van der Waals surface area (Å²) in [5.74, 6) is 0.262. The molecule has 0 radical (unpaired) electrons. The summed E-state index contributed by atoms with van der Waals surface area (Å²) in [4.78, 5) is 29.6. The number of aromatic amines is 1. The van der Waals surface area contributed by atoms with Crippen LogP contribution in [0.15, 0.2) is 64.4 Å². The summed E-state index contributed by atoms with van der Waals surface area (Å²) in [7, 11) is 0. The second-order valence-corrected chi connectivity index (χ2v) is 4.34. The first-order valence-corrected chi connectivity index (χ1v) is 6.21. The third-order valence-corrected chi connectivity index (χ3v) is 2.87. The van der Waals surface area contributed by atoms with Crippen LogP contribution in [0.4, 0.5) is 5.69 Å². The monoisotopic (exact) mass is 281 g/mol. The molecule has 0 spiro atoms. The molecule has 0 atom stereocenters. The standard InChI is InChI=1S/C15H11N3O3/c19-14-7-11(4-5-17-14)15(20)18-12-3-1-2-10(6-12)13-8-16-9-21-13/h1-9H,(H,17,19)(H,18,20). The summed E-state index contributed by atoms with van der Waals surface area (Å²) in [6.45, 7) is 0. The maximum Gasteiger partial charge on any atom is 0.255 e. The van der Waals surface area contributed by atoms with Crippen LogP contribution < -0.4 is 10.9 Å². The van der Waals surface area contributed by atoms with E-state index in [1.165, 1.54) is 24.7 Å². The van der Waals surface area contributed by atoms with Crippen molar-refractivity contribution in [3.8, 4) is 11.3 Å². The van der Waals surface area contributed by atoms with Crippen LogP contribution in [0.2, 0.25) is 0 Å². The Kier molecular flexibility index (Phi) is 3.34. The zero-order valence-electron chi connectivity index (χ0n) is 10.9. The third-order valence-electron chi connectivity index (χ3n) is 2.87. The highest BCUT2D eigenvalue weighted by Crippen LogP contribution is 2.22. The molecular formula is C15H11N3O3. The minimum atomic E-state index is -0.351. The topological polar surface area (TPSA) is 88.0 Å². The highest BCUT2D eigenvalue weighted by molar-refractivity contribution is 6.04. The Balaban J connectivity index is 1.84. The number of anilines is 1. The van der Waals surface area contributed by atoms with Gasteiger partial charge in [-0.2, -0.15) is 0 Å². The minimum Gasteiger partial charge on any atom is -0.444 e. The molecule has 2 heterocycles. The molecule has 0 aliphatic heterocycles. The predicted octanol–water partition coefficient (Wildman–Crippen LogP) is 2.28. The summed E-state index contributed by atoms with van der Waals surface area (Å²) in [6.07, 6.45) is 4.37. The van der Waals surface area contributed by atoms with Crippen LogP contribution in [0.25, 0.3) is 11.3 Å². The average Bonchev–Trinajstić information content (AvgIpc) is 3.02. The first-order chi connectivity index (χ1) is 10.2. The Labute approximate surface area is 119 Å². The van der Waals surface area contributed by atoms with Crippen molar-refractivity contribution in [2.24, 2.45) is 0 Å². The molecule has 6 nitrogen and oxygen atoms in total. The number of hydrogen-bond donors (Lipinski definition) is 2. The van der Waals surface area contributed by atoms with E-state index < -0.39 is 0 Å². The van der Waals surface area contributed by atoms with Gasteiger partial charge in [-0.05, 0) is 18.2 Å². The van der Waals surface area contributed by atoms with E-state index in [4.69, 9.17) is 4.42 Å². The van der Waals surface area contributed by atoms with E-state index in [2.05, 4.69) is 15.3 Å². The van der Waals surface area contributed by atoms with Crippen LogP contribution in [-0.4, -0.2) is 15.9 Å². The number of nitrogens with one attached hydrogen (secondary N) is 2. The summed E-state index contributed by atoms with van der Waals surface area (Å²) in [5.41, 5.74) is 1.38. The lowest BCUT2D eigenvalue weighted by Gasteiger charge is -2.06. The Morgan fingerprint density at radius 1 is 1.24 bits per heavy atom. The lowest BCUT2D eigenvalue weighted by molar-refractivity contribution is 0.102. The smallest absolute Gasteiger partial charge is 0.255 e. The zero-order chi connectivity index (χ0) is 14.7. The third kappa shape index (κ3) is 2.89. The van der Waals surface area contributed by atoms with Crippen LogP contribution in [0, 0.1) is 0 Å². The Hall–Kier alpha value is -3.15. The second kappa shape index (κ2) is 5.46. The molecule has 0 aliphatic carbocycles. The van der Waals surface area contributed by atoms with Crippen molar-refractivity contribution in [2.75, 3.05) is 5.32 Å². The highest BCUT2D eigenvalue weighted by atomic mass is 16.3. The van der Waals surface area contributed by atoms with Gasteiger partial charge in [-0.15, -0.1) is 0 Å². The molecule has 104 valence electrons. The van der Waals surface area contributed by atoms with Gasteiger partial charge in [0, 0.05) is 29.1 Å². The number of aromatic nitrogens is 2. The number of nitrogens with zero attached hydrogens (tertiary/aromatic N) is 1. The number of hydrogen-bond acceptors (Lipinski definition) is 4. The van der Waals surface area contributed by atoms with Gasteiger partial charge in [-0.3, -0.25) is 9.59 Å². The van der Waals surface area contributed by atoms with Crippen molar-refractivity contribution in [3.63, 3.8) is 0 Å². The molecule has 6 heteroatoms. The molecule has 21 heavy (non-hydrogen) atoms. The SMILES string of the molecule is O=C(Nc1cccc(-c2cnco2)c1)c1cc[nH]c(=O)c1. The zero-order valence-corrected chi connectivity index (χ0v) is 10.9. The lowest BCUT2D eigenvalue weighted by Crippen LogP contribution is -2.15. The number of benzene rings is 1. The van der Waals surface area contributed by atoms with E-state index in [9.17, 15) is 9.59 Å². The molecule has 3 aromatic rings. The quantitative estimate of drug-likeness (QED) is 0.771. The van der Waals surface area contributed by atoms with Crippen LogP contribution in [-0.2, 0) is 0 Å². The fourth-order valence-corrected chi connectivity index (χ4v) is 1.90. The molecule has 0 aliphatic rings. The van der Waals surface area contributed by atoms with Crippen LogP contribution in [0.1, 0.15) is 10.4 Å². The molecule has 3 rings (SSSR count). The number of H-pyrrole nitrogens is 1. The molecule has 0 unspecified atom stereocenters. The normalized spacial score (nSPS) is 10.3. The van der Waals surface area contributed by atoms with Crippen molar-refractivity contribution in [3.05, 3.63) is 71.1 Å². The number of oxazole rings is 1. The summed E-state index contributed by atoms with van der Waals surface area (Å²) >= 11 is 0. The van der Waals surface area contributed by atoms with E-state index in [1.54, 1.807) is 24.4 Å². The Morgan fingerprint density at radius 3 is 2.90 bits per heavy atom. The van der Waals surface area contributed by atoms with Crippen molar-refractivity contribution >= 4 is 11.6 Å². The first kappa shape index (κ1) is 12.9. The van der Waals surface area contributed by atoms with Gasteiger partial charge in [0.05, 0.1) is 6.20 Å². The number of pyridine rings is 1. The van der Waals surface area contributed by atoms with Crippen LogP contribution in [0.3, 0.4) is 0 Å². The molecule has 2 aromatic heterocycles.